The molecule has 8 nitrogen and oxygen atoms in total. The van der Waals surface area contributed by atoms with Crippen molar-refractivity contribution in [3.8, 4) is 11.3 Å². The molecule has 2 aromatic heterocycles. The Balaban J connectivity index is 1.43. The van der Waals surface area contributed by atoms with Crippen LogP contribution < -0.4 is 4.90 Å². The minimum absolute atomic E-state index is 0.117. The fourth-order valence-electron chi connectivity index (χ4n) is 3.07. The summed E-state index contributed by atoms with van der Waals surface area (Å²) in [7, 11) is 0. The quantitative estimate of drug-likeness (QED) is 0.760. The minimum atomic E-state index is -0.264. The lowest BCUT2D eigenvalue weighted by Gasteiger charge is -2.33. The molecule has 4 rings (SSSR count). The number of nitrogens with one attached hydrogen (secondary N) is 1. The fourth-order valence-corrected chi connectivity index (χ4v) is 3.07. The number of carbonyl (C=O) groups excluding carboxylic acids is 1. The molecule has 0 unspecified atom stereocenters. The van der Waals surface area contributed by atoms with Crippen LogP contribution in [0.5, 0.6) is 0 Å². The summed E-state index contributed by atoms with van der Waals surface area (Å²) in [4.78, 5) is 16.5. The number of hydrogen-bond acceptors (Lipinski definition) is 6. The Bertz CT molecular complexity index is 974. The Morgan fingerprint density at radius 2 is 1.93 bits per heavy atom. The van der Waals surface area contributed by atoms with Gasteiger partial charge >= 0.3 is 6.01 Å². The number of halogens is 1. The Hall–Kier alpha value is -3.23. The number of carbonyl (C=O) groups is 1. The van der Waals surface area contributed by atoms with E-state index < -0.39 is 0 Å². The van der Waals surface area contributed by atoms with Gasteiger partial charge in [0.05, 0.1) is 5.69 Å². The van der Waals surface area contributed by atoms with Crippen molar-refractivity contribution in [2.75, 3.05) is 31.1 Å². The largest absolute Gasteiger partial charge is 0.408 e. The van der Waals surface area contributed by atoms with E-state index in [4.69, 9.17) is 4.42 Å². The molecule has 27 heavy (non-hydrogen) atoms. The van der Waals surface area contributed by atoms with Crippen LogP contribution in [-0.2, 0) is 0 Å². The highest BCUT2D eigenvalue weighted by molar-refractivity contribution is 5.93. The molecule has 0 saturated carbocycles. The zero-order valence-corrected chi connectivity index (χ0v) is 15.1. The zero-order valence-electron chi connectivity index (χ0n) is 15.1. The molecule has 1 aliphatic heterocycles. The average molecular weight is 370 g/mol. The highest BCUT2D eigenvalue weighted by Gasteiger charge is 2.26. The van der Waals surface area contributed by atoms with E-state index in [1.54, 1.807) is 36.9 Å². The molecule has 1 amide bonds. The molecule has 1 aromatic carbocycles. The molecular formula is C18H19FN6O2. The molecule has 3 heterocycles. The highest BCUT2D eigenvalue weighted by atomic mass is 19.1. The number of H-pyrrole nitrogens is 1. The summed E-state index contributed by atoms with van der Waals surface area (Å²) < 4.78 is 18.9. The molecule has 0 atom stereocenters. The molecule has 1 aliphatic rings. The van der Waals surface area contributed by atoms with Crippen LogP contribution in [0.1, 0.15) is 21.9 Å². The van der Waals surface area contributed by atoms with Crippen molar-refractivity contribution in [3.05, 3.63) is 47.2 Å². The standard InChI is InChI=1S/C18H19FN6O2/c1-11-9-13(3-4-14(11)19)15-10-16(22-21-15)17(26)24-5-7-25(8-6-24)18-23-20-12(2)27-18/h3-4,9-10H,5-8H2,1-2H3,(H,21,22). The Labute approximate surface area is 155 Å². The van der Waals surface area contributed by atoms with E-state index in [9.17, 15) is 9.18 Å². The van der Waals surface area contributed by atoms with E-state index >= 15 is 0 Å². The molecule has 0 spiro atoms. The topological polar surface area (TPSA) is 91.2 Å². The normalized spacial score (nSPS) is 14.6. The maximum Gasteiger partial charge on any atom is 0.318 e. The van der Waals surface area contributed by atoms with Gasteiger partial charge in [0.25, 0.3) is 5.91 Å². The number of amides is 1. The number of piperazine rings is 1. The number of rotatable bonds is 3. The van der Waals surface area contributed by atoms with Crippen LogP contribution in [0.2, 0.25) is 0 Å². The molecule has 140 valence electrons. The van der Waals surface area contributed by atoms with Crippen LogP contribution in [0.15, 0.2) is 28.7 Å². The molecule has 1 N–H and O–H groups in total. The smallest absolute Gasteiger partial charge is 0.318 e. The van der Waals surface area contributed by atoms with Crippen LogP contribution in [0, 0.1) is 19.7 Å². The van der Waals surface area contributed by atoms with Crippen molar-refractivity contribution >= 4 is 11.9 Å². The van der Waals surface area contributed by atoms with Gasteiger partial charge in [-0.1, -0.05) is 5.10 Å². The van der Waals surface area contributed by atoms with Crippen LogP contribution in [0.4, 0.5) is 10.4 Å². The predicted octanol–water partition coefficient (Wildman–Crippen LogP) is 2.18. The first-order valence-corrected chi connectivity index (χ1v) is 8.67. The number of aryl methyl sites for hydroxylation is 2. The molecule has 0 aliphatic carbocycles. The molecule has 0 bridgehead atoms. The second kappa shape index (κ2) is 6.82. The maximum atomic E-state index is 13.4. The van der Waals surface area contributed by atoms with Gasteiger partial charge < -0.3 is 14.2 Å². The van der Waals surface area contributed by atoms with Crippen LogP contribution in [-0.4, -0.2) is 57.4 Å². The number of aromatic nitrogens is 4. The number of nitrogens with zero attached hydrogens (tertiary/aromatic N) is 5. The first-order valence-electron chi connectivity index (χ1n) is 8.67. The number of aromatic amines is 1. The Morgan fingerprint density at radius 3 is 2.59 bits per heavy atom. The van der Waals surface area contributed by atoms with E-state index in [0.717, 1.165) is 5.56 Å². The zero-order chi connectivity index (χ0) is 19.0. The third kappa shape index (κ3) is 3.40. The van der Waals surface area contributed by atoms with Gasteiger partial charge in [-0.2, -0.15) is 5.10 Å². The number of benzene rings is 1. The third-order valence-corrected chi connectivity index (χ3v) is 4.61. The molecule has 9 heteroatoms. The lowest BCUT2D eigenvalue weighted by molar-refractivity contribution is 0.0739. The minimum Gasteiger partial charge on any atom is -0.408 e. The van der Waals surface area contributed by atoms with E-state index in [-0.39, 0.29) is 11.7 Å². The second-order valence-electron chi connectivity index (χ2n) is 6.51. The fraction of sp³-hybridized carbons (Fsp3) is 0.333. The van der Waals surface area contributed by atoms with Crippen molar-refractivity contribution in [3.63, 3.8) is 0 Å². The van der Waals surface area contributed by atoms with Gasteiger partial charge in [-0.05, 0) is 36.8 Å². The van der Waals surface area contributed by atoms with Gasteiger partial charge in [0, 0.05) is 38.7 Å². The van der Waals surface area contributed by atoms with Crippen molar-refractivity contribution in [2.45, 2.75) is 13.8 Å². The van der Waals surface area contributed by atoms with Gasteiger partial charge in [-0.15, -0.1) is 5.10 Å². The van der Waals surface area contributed by atoms with Crippen molar-refractivity contribution < 1.29 is 13.6 Å². The average Bonchev–Trinajstić information content (AvgIpc) is 3.33. The van der Waals surface area contributed by atoms with Crippen molar-refractivity contribution in [1.82, 2.24) is 25.3 Å². The van der Waals surface area contributed by atoms with Crippen LogP contribution >= 0.6 is 0 Å². The van der Waals surface area contributed by atoms with Crippen LogP contribution in [0.25, 0.3) is 11.3 Å². The summed E-state index contributed by atoms with van der Waals surface area (Å²) >= 11 is 0. The summed E-state index contributed by atoms with van der Waals surface area (Å²) in [5.41, 5.74) is 2.33. The van der Waals surface area contributed by atoms with Gasteiger partial charge in [0.15, 0.2) is 0 Å². The molecule has 0 radical (unpaired) electrons. The SMILES string of the molecule is Cc1nnc(N2CCN(C(=O)c3cc(-c4ccc(F)c(C)c4)n[nH]3)CC2)o1. The monoisotopic (exact) mass is 370 g/mol. The lowest BCUT2D eigenvalue weighted by atomic mass is 10.1. The summed E-state index contributed by atoms with van der Waals surface area (Å²) in [6, 6.07) is 6.94. The predicted molar refractivity (Wildman–Crippen MR) is 95.9 cm³/mol. The summed E-state index contributed by atoms with van der Waals surface area (Å²) in [5.74, 6) is 0.137. The van der Waals surface area contributed by atoms with Crippen molar-refractivity contribution in [2.24, 2.45) is 0 Å². The summed E-state index contributed by atoms with van der Waals surface area (Å²) in [6.07, 6.45) is 0. The Kier molecular flexibility index (Phi) is 4.35. The van der Waals surface area contributed by atoms with Gasteiger partial charge in [0.2, 0.25) is 5.89 Å². The van der Waals surface area contributed by atoms with E-state index in [0.29, 0.717) is 55.0 Å². The first kappa shape index (κ1) is 17.2. The third-order valence-electron chi connectivity index (χ3n) is 4.61. The maximum absolute atomic E-state index is 13.4. The molecule has 1 fully saturated rings. The molecular weight excluding hydrogens is 351 g/mol. The second-order valence-corrected chi connectivity index (χ2v) is 6.51. The lowest BCUT2D eigenvalue weighted by Crippen LogP contribution is -2.49. The number of hydrogen-bond donors (Lipinski definition) is 1. The molecule has 3 aromatic rings. The van der Waals surface area contributed by atoms with Crippen molar-refractivity contribution in [1.29, 1.82) is 0 Å². The van der Waals surface area contributed by atoms with Gasteiger partial charge in [-0.3, -0.25) is 9.89 Å². The summed E-state index contributed by atoms with van der Waals surface area (Å²) in [5, 5.41) is 14.8. The van der Waals surface area contributed by atoms with Gasteiger partial charge in [0.1, 0.15) is 11.5 Å². The summed E-state index contributed by atoms with van der Waals surface area (Å²) in [6.45, 7) is 5.77. The Morgan fingerprint density at radius 1 is 1.15 bits per heavy atom. The first-order chi connectivity index (χ1) is 13.0. The van der Waals surface area contributed by atoms with E-state index in [1.165, 1.54) is 6.07 Å². The van der Waals surface area contributed by atoms with Crippen LogP contribution in [0.3, 0.4) is 0 Å². The van der Waals surface area contributed by atoms with E-state index in [1.807, 2.05) is 4.90 Å². The number of anilines is 1. The highest BCUT2D eigenvalue weighted by Crippen LogP contribution is 2.22. The van der Waals surface area contributed by atoms with Gasteiger partial charge in [-0.25, -0.2) is 4.39 Å². The molecule has 1 saturated heterocycles. The van der Waals surface area contributed by atoms with E-state index in [2.05, 4.69) is 20.4 Å².